The van der Waals surface area contributed by atoms with Crippen molar-refractivity contribution in [3.63, 3.8) is 0 Å². The fourth-order valence-electron chi connectivity index (χ4n) is 1.81. The largest absolute Gasteiger partial charge is 0.355 e. The molecule has 6 heteroatoms. The lowest BCUT2D eigenvalue weighted by atomic mass is 9.87. The molecule has 1 aliphatic carbocycles. The van der Waals surface area contributed by atoms with Crippen LogP contribution in [0.1, 0.15) is 32.6 Å². The Balaban J connectivity index is 1.96. The normalized spacial score (nSPS) is 21.6. The maximum atomic E-state index is 11.5. The van der Waals surface area contributed by atoms with Crippen molar-refractivity contribution in [1.82, 2.24) is 10.6 Å². The van der Waals surface area contributed by atoms with Crippen molar-refractivity contribution in [2.24, 2.45) is 5.92 Å². The molecule has 0 heterocycles. The van der Waals surface area contributed by atoms with Crippen molar-refractivity contribution in [1.29, 1.82) is 0 Å². The van der Waals surface area contributed by atoms with Crippen LogP contribution in [0.15, 0.2) is 0 Å². The molecular formula is C13H24N2O2S2. The van der Waals surface area contributed by atoms with Crippen LogP contribution in [0.5, 0.6) is 0 Å². The van der Waals surface area contributed by atoms with Gasteiger partial charge in [0.15, 0.2) is 0 Å². The van der Waals surface area contributed by atoms with Gasteiger partial charge in [0.1, 0.15) is 0 Å². The summed E-state index contributed by atoms with van der Waals surface area (Å²) in [5.74, 6) is 2.30. The second-order valence-electron chi connectivity index (χ2n) is 4.85. The molecule has 0 aromatic rings. The number of amides is 2. The van der Waals surface area contributed by atoms with E-state index in [2.05, 4.69) is 17.6 Å². The Morgan fingerprint density at radius 2 is 1.84 bits per heavy atom. The highest BCUT2D eigenvalue weighted by Gasteiger charge is 2.26. The lowest BCUT2D eigenvalue weighted by Gasteiger charge is -2.33. The maximum Gasteiger partial charge on any atom is 0.221 e. The molecule has 0 radical (unpaired) electrons. The van der Waals surface area contributed by atoms with E-state index in [0.29, 0.717) is 17.7 Å². The van der Waals surface area contributed by atoms with Crippen LogP contribution in [0.4, 0.5) is 0 Å². The fraction of sp³-hybridized carbons (Fsp3) is 0.846. The van der Waals surface area contributed by atoms with Gasteiger partial charge in [0.2, 0.25) is 11.8 Å². The lowest BCUT2D eigenvalue weighted by Crippen LogP contribution is -2.31. The molecule has 2 N–H and O–H groups in total. The summed E-state index contributed by atoms with van der Waals surface area (Å²) >= 11 is 3.51. The van der Waals surface area contributed by atoms with Gasteiger partial charge in [-0.1, -0.05) is 6.92 Å². The minimum atomic E-state index is -0.0375. The number of carbonyl (C=O) groups is 2. The summed E-state index contributed by atoms with van der Waals surface area (Å²) in [6, 6.07) is 0. The standard InChI is InChI=1S/C13H24N2O2S2/c1-10-3-4-11(10)19-9-15-13(17)6-5-12(16)14-7-8-18-2/h10-11H,3-9H2,1-2H3,(H,14,16)(H,15,17). The molecule has 110 valence electrons. The fourth-order valence-corrected chi connectivity index (χ4v) is 3.34. The van der Waals surface area contributed by atoms with E-state index < -0.39 is 0 Å². The predicted octanol–water partition coefficient (Wildman–Crippen LogP) is 1.85. The molecule has 4 nitrogen and oxygen atoms in total. The molecule has 0 aromatic heterocycles. The van der Waals surface area contributed by atoms with Gasteiger partial charge in [-0.2, -0.15) is 11.8 Å². The molecule has 1 fully saturated rings. The summed E-state index contributed by atoms with van der Waals surface area (Å²) in [6.45, 7) is 2.93. The van der Waals surface area contributed by atoms with Gasteiger partial charge < -0.3 is 10.6 Å². The predicted molar refractivity (Wildman–Crippen MR) is 83.4 cm³/mol. The van der Waals surface area contributed by atoms with Crippen molar-refractivity contribution in [2.45, 2.75) is 37.9 Å². The van der Waals surface area contributed by atoms with Gasteiger partial charge in [-0.25, -0.2) is 0 Å². The van der Waals surface area contributed by atoms with E-state index in [1.54, 1.807) is 11.8 Å². The molecule has 1 saturated carbocycles. The average molecular weight is 304 g/mol. The third kappa shape index (κ3) is 7.11. The van der Waals surface area contributed by atoms with Crippen LogP contribution < -0.4 is 10.6 Å². The smallest absolute Gasteiger partial charge is 0.221 e. The van der Waals surface area contributed by atoms with E-state index in [9.17, 15) is 9.59 Å². The molecule has 1 rings (SSSR count). The molecule has 2 unspecified atom stereocenters. The summed E-state index contributed by atoms with van der Waals surface area (Å²) in [5.41, 5.74) is 0. The van der Waals surface area contributed by atoms with Crippen LogP contribution in [0.3, 0.4) is 0 Å². The number of rotatable bonds is 9. The number of hydrogen-bond donors (Lipinski definition) is 2. The molecule has 2 amide bonds. The second kappa shape index (κ2) is 9.53. The van der Waals surface area contributed by atoms with E-state index in [1.165, 1.54) is 12.8 Å². The SMILES string of the molecule is CSCCNC(=O)CCC(=O)NCSC1CCC1C. The van der Waals surface area contributed by atoms with Crippen molar-refractivity contribution >= 4 is 35.3 Å². The maximum absolute atomic E-state index is 11.5. The van der Waals surface area contributed by atoms with Gasteiger partial charge in [0.25, 0.3) is 0 Å². The van der Waals surface area contributed by atoms with E-state index in [-0.39, 0.29) is 24.7 Å². The monoisotopic (exact) mass is 304 g/mol. The molecule has 19 heavy (non-hydrogen) atoms. The summed E-state index contributed by atoms with van der Waals surface area (Å²) in [4.78, 5) is 22.9. The van der Waals surface area contributed by atoms with Gasteiger partial charge in [0, 0.05) is 30.4 Å². The Kier molecular flexibility index (Phi) is 8.37. The van der Waals surface area contributed by atoms with Crippen LogP contribution in [0.25, 0.3) is 0 Å². The second-order valence-corrected chi connectivity index (χ2v) is 7.06. The quantitative estimate of drug-likeness (QED) is 0.504. The highest BCUT2D eigenvalue weighted by molar-refractivity contribution is 7.99. The van der Waals surface area contributed by atoms with Crippen LogP contribution in [0, 0.1) is 5.92 Å². The zero-order valence-electron chi connectivity index (χ0n) is 11.7. The minimum Gasteiger partial charge on any atom is -0.355 e. The Morgan fingerprint density at radius 1 is 1.16 bits per heavy atom. The van der Waals surface area contributed by atoms with Crippen LogP contribution in [-0.2, 0) is 9.59 Å². The molecule has 1 aliphatic rings. The van der Waals surface area contributed by atoms with Gasteiger partial charge in [-0.3, -0.25) is 9.59 Å². The van der Waals surface area contributed by atoms with Crippen LogP contribution in [-0.4, -0.2) is 41.5 Å². The van der Waals surface area contributed by atoms with Crippen molar-refractivity contribution in [2.75, 3.05) is 24.4 Å². The van der Waals surface area contributed by atoms with Crippen LogP contribution in [0.2, 0.25) is 0 Å². The van der Waals surface area contributed by atoms with E-state index >= 15 is 0 Å². The first-order valence-corrected chi connectivity index (χ1v) is 9.21. The van der Waals surface area contributed by atoms with Crippen LogP contribution >= 0.6 is 23.5 Å². The Labute approximate surface area is 124 Å². The highest BCUT2D eigenvalue weighted by Crippen LogP contribution is 2.36. The summed E-state index contributed by atoms with van der Waals surface area (Å²) < 4.78 is 0. The number of carbonyl (C=O) groups excluding carboxylic acids is 2. The number of thioether (sulfide) groups is 2. The lowest BCUT2D eigenvalue weighted by molar-refractivity contribution is -0.126. The average Bonchev–Trinajstić information content (AvgIpc) is 2.39. The number of nitrogens with one attached hydrogen (secondary N) is 2. The molecular weight excluding hydrogens is 280 g/mol. The van der Waals surface area contributed by atoms with Gasteiger partial charge in [0.05, 0.1) is 5.88 Å². The molecule has 2 atom stereocenters. The first kappa shape index (κ1) is 16.7. The number of hydrogen-bond acceptors (Lipinski definition) is 4. The molecule has 0 bridgehead atoms. The topological polar surface area (TPSA) is 58.2 Å². The minimum absolute atomic E-state index is 0.0282. The summed E-state index contributed by atoms with van der Waals surface area (Å²) in [5, 5.41) is 6.36. The molecule has 0 aliphatic heterocycles. The summed E-state index contributed by atoms with van der Waals surface area (Å²) in [7, 11) is 0. The molecule has 0 saturated heterocycles. The Morgan fingerprint density at radius 3 is 2.37 bits per heavy atom. The molecule has 0 aromatic carbocycles. The third-order valence-corrected chi connectivity index (χ3v) is 5.37. The van der Waals surface area contributed by atoms with E-state index in [1.807, 2.05) is 18.0 Å². The van der Waals surface area contributed by atoms with Crippen molar-refractivity contribution < 1.29 is 9.59 Å². The molecule has 0 spiro atoms. The van der Waals surface area contributed by atoms with Gasteiger partial charge in [-0.15, -0.1) is 11.8 Å². The van der Waals surface area contributed by atoms with Gasteiger partial charge in [-0.05, 0) is 25.0 Å². The van der Waals surface area contributed by atoms with E-state index in [0.717, 1.165) is 11.7 Å². The third-order valence-electron chi connectivity index (χ3n) is 3.32. The Hall–Kier alpha value is -0.360. The Bertz CT molecular complexity index is 300. The zero-order chi connectivity index (χ0) is 14.1. The highest BCUT2D eigenvalue weighted by atomic mass is 32.2. The van der Waals surface area contributed by atoms with Crippen molar-refractivity contribution in [3.05, 3.63) is 0 Å². The van der Waals surface area contributed by atoms with Gasteiger partial charge >= 0.3 is 0 Å². The van der Waals surface area contributed by atoms with E-state index in [4.69, 9.17) is 0 Å². The first-order chi connectivity index (χ1) is 9.13. The first-order valence-electron chi connectivity index (χ1n) is 6.77. The summed E-state index contributed by atoms with van der Waals surface area (Å²) in [6.07, 6.45) is 5.14. The zero-order valence-corrected chi connectivity index (χ0v) is 13.4. The van der Waals surface area contributed by atoms with Crippen molar-refractivity contribution in [3.8, 4) is 0 Å².